The maximum Gasteiger partial charge on any atom is 0.416 e. The molecule has 1 aliphatic rings. The van der Waals surface area contributed by atoms with Crippen LogP contribution in [0.3, 0.4) is 0 Å². The number of rotatable bonds is 9. The van der Waals surface area contributed by atoms with Gasteiger partial charge in [0.2, 0.25) is 12.8 Å². The monoisotopic (exact) mass is 514 g/mol. The minimum absolute atomic E-state index is 0.0191. The Kier molecular flexibility index (Phi) is 7.91. The molecule has 1 saturated heterocycles. The highest BCUT2D eigenvalue weighted by molar-refractivity contribution is 5.75. The van der Waals surface area contributed by atoms with Gasteiger partial charge in [-0.15, -0.1) is 5.10 Å². The number of hydrogen-bond donors (Lipinski definition) is 1. The fourth-order valence-electron chi connectivity index (χ4n) is 4.99. The summed E-state index contributed by atoms with van der Waals surface area (Å²) in [5.41, 5.74) is 1.57. The molecule has 0 spiro atoms. The first-order valence-electron chi connectivity index (χ1n) is 11.9. The van der Waals surface area contributed by atoms with Gasteiger partial charge in [0.1, 0.15) is 0 Å². The van der Waals surface area contributed by atoms with Gasteiger partial charge in [-0.1, -0.05) is 29.5 Å². The van der Waals surface area contributed by atoms with Crippen LogP contribution in [0, 0.1) is 6.92 Å². The standard InChI is InChI=1S/C26H29F3N6O2/c1-18-8-19(11-34-12-20(10-21(13-34)30-16-36)25-15-33(2)32-31-25)9-24(26(27,28)29)23(18)14-35(17-37)22-6-4-3-5-7-22/h3-9,15-17,20-21H,10-14H2,1-2H3,(H,30,36). The molecule has 0 aliphatic carbocycles. The fraction of sp³-hybridized carbons (Fsp3) is 0.385. The van der Waals surface area contributed by atoms with E-state index in [-0.39, 0.29) is 30.6 Å². The first-order chi connectivity index (χ1) is 17.7. The smallest absolute Gasteiger partial charge is 0.355 e. The van der Waals surface area contributed by atoms with Gasteiger partial charge >= 0.3 is 6.18 Å². The minimum atomic E-state index is -4.59. The highest BCUT2D eigenvalue weighted by atomic mass is 19.4. The summed E-state index contributed by atoms with van der Waals surface area (Å²) in [5, 5.41) is 11.0. The SMILES string of the molecule is Cc1cc(CN2CC(NC=O)CC(c3cn(C)nn3)C2)cc(C(F)(F)F)c1CN(C=O)c1ccccc1. The van der Waals surface area contributed by atoms with E-state index in [1.807, 2.05) is 11.1 Å². The molecule has 11 heteroatoms. The molecule has 2 aromatic carbocycles. The van der Waals surface area contributed by atoms with Crippen molar-refractivity contribution in [2.24, 2.45) is 7.05 Å². The zero-order valence-corrected chi connectivity index (χ0v) is 20.7. The molecule has 2 atom stereocenters. The number of benzene rings is 2. The van der Waals surface area contributed by atoms with Crippen LogP contribution in [-0.2, 0) is 35.9 Å². The van der Waals surface area contributed by atoms with E-state index in [1.54, 1.807) is 55.1 Å². The van der Waals surface area contributed by atoms with Gasteiger partial charge in [0.15, 0.2) is 0 Å². The van der Waals surface area contributed by atoms with E-state index in [9.17, 15) is 22.8 Å². The highest BCUT2D eigenvalue weighted by Crippen LogP contribution is 2.36. The van der Waals surface area contributed by atoms with Crippen LogP contribution >= 0.6 is 0 Å². The van der Waals surface area contributed by atoms with Gasteiger partial charge < -0.3 is 10.2 Å². The number of para-hydroxylation sites is 1. The maximum atomic E-state index is 14.2. The minimum Gasteiger partial charge on any atom is -0.355 e. The molecule has 2 amide bonds. The number of likely N-dealkylation sites (tertiary alicyclic amines) is 1. The maximum absolute atomic E-state index is 14.2. The van der Waals surface area contributed by atoms with Gasteiger partial charge in [-0.2, -0.15) is 13.2 Å². The number of alkyl halides is 3. The quantitative estimate of drug-likeness (QED) is 0.443. The van der Waals surface area contributed by atoms with Gasteiger partial charge in [0.05, 0.1) is 17.8 Å². The van der Waals surface area contributed by atoms with Gasteiger partial charge in [0, 0.05) is 50.5 Å². The second-order valence-corrected chi connectivity index (χ2v) is 9.43. The number of aromatic nitrogens is 3. The molecule has 3 aromatic rings. The summed E-state index contributed by atoms with van der Waals surface area (Å²) in [6.07, 6.45) is -0.913. The van der Waals surface area contributed by atoms with Crippen molar-refractivity contribution in [2.45, 2.75) is 44.6 Å². The fourth-order valence-corrected chi connectivity index (χ4v) is 4.99. The summed E-state index contributed by atoms with van der Waals surface area (Å²) in [6, 6.07) is 11.3. The molecule has 196 valence electrons. The zero-order chi connectivity index (χ0) is 26.6. The van der Waals surface area contributed by atoms with E-state index in [4.69, 9.17) is 0 Å². The molecule has 4 rings (SSSR count). The van der Waals surface area contributed by atoms with Crippen molar-refractivity contribution in [3.05, 3.63) is 76.6 Å². The Bertz CT molecular complexity index is 1230. The normalized spacial score (nSPS) is 18.4. The average Bonchev–Trinajstić information content (AvgIpc) is 3.29. The molecule has 2 unspecified atom stereocenters. The number of nitrogens with zero attached hydrogens (tertiary/aromatic N) is 5. The molecule has 1 fully saturated rings. The third-order valence-electron chi connectivity index (χ3n) is 6.66. The molecule has 2 heterocycles. The van der Waals surface area contributed by atoms with Crippen LogP contribution in [0.4, 0.5) is 18.9 Å². The molecule has 0 saturated carbocycles. The number of nitrogens with one attached hydrogen (secondary N) is 1. The lowest BCUT2D eigenvalue weighted by Gasteiger charge is -2.37. The van der Waals surface area contributed by atoms with Crippen molar-refractivity contribution in [2.75, 3.05) is 18.0 Å². The molecular formula is C26H29F3N6O2. The van der Waals surface area contributed by atoms with Crippen molar-refractivity contribution in [1.29, 1.82) is 0 Å². The lowest BCUT2D eigenvalue weighted by molar-refractivity contribution is -0.138. The van der Waals surface area contributed by atoms with E-state index in [0.717, 1.165) is 5.69 Å². The van der Waals surface area contributed by atoms with Crippen molar-refractivity contribution >= 4 is 18.5 Å². The Morgan fingerprint density at radius 1 is 1.16 bits per heavy atom. The molecule has 8 nitrogen and oxygen atoms in total. The number of piperidine rings is 1. The number of aryl methyl sites for hydroxylation is 2. The second kappa shape index (κ2) is 11.1. The summed E-state index contributed by atoms with van der Waals surface area (Å²) in [6.45, 7) is 2.79. The Labute approximate surface area is 213 Å². The molecule has 0 radical (unpaired) electrons. The Balaban J connectivity index is 1.61. The van der Waals surface area contributed by atoms with E-state index >= 15 is 0 Å². The van der Waals surface area contributed by atoms with Crippen molar-refractivity contribution in [3.8, 4) is 0 Å². The van der Waals surface area contributed by atoms with Gasteiger partial charge in [-0.05, 0) is 48.2 Å². The summed E-state index contributed by atoms with van der Waals surface area (Å²) in [7, 11) is 1.77. The van der Waals surface area contributed by atoms with E-state index in [2.05, 4.69) is 15.6 Å². The Morgan fingerprint density at radius 2 is 1.92 bits per heavy atom. The average molecular weight is 515 g/mol. The summed E-state index contributed by atoms with van der Waals surface area (Å²) >= 11 is 0. The molecule has 1 aliphatic heterocycles. The molecule has 37 heavy (non-hydrogen) atoms. The van der Waals surface area contributed by atoms with E-state index < -0.39 is 11.7 Å². The first-order valence-corrected chi connectivity index (χ1v) is 11.9. The molecule has 1 N–H and O–H groups in total. The lowest BCUT2D eigenvalue weighted by Crippen LogP contribution is -2.47. The molecule has 0 bridgehead atoms. The van der Waals surface area contributed by atoms with Crippen LogP contribution < -0.4 is 10.2 Å². The number of amides is 2. The van der Waals surface area contributed by atoms with Crippen LogP contribution in [0.2, 0.25) is 0 Å². The van der Waals surface area contributed by atoms with Crippen molar-refractivity contribution in [1.82, 2.24) is 25.2 Å². The molecular weight excluding hydrogens is 485 g/mol. The Hall–Kier alpha value is -3.73. The van der Waals surface area contributed by atoms with Gasteiger partial charge in [0.25, 0.3) is 0 Å². The predicted octanol–water partition coefficient (Wildman–Crippen LogP) is 3.41. The summed E-state index contributed by atoms with van der Waals surface area (Å²) in [5.74, 6) is -0.0191. The number of carbonyl (C=O) groups is 2. The first kappa shape index (κ1) is 26.3. The number of carbonyl (C=O) groups excluding carboxylic acids is 2. The van der Waals surface area contributed by atoms with Crippen LogP contribution in [0.25, 0.3) is 0 Å². The topological polar surface area (TPSA) is 83.4 Å². The summed E-state index contributed by atoms with van der Waals surface area (Å²) < 4.78 is 44.2. The predicted molar refractivity (Wildman–Crippen MR) is 131 cm³/mol. The van der Waals surface area contributed by atoms with E-state index in [0.29, 0.717) is 49.1 Å². The zero-order valence-electron chi connectivity index (χ0n) is 20.7. The second-order valence-electron chi connectivity index (χ2n) is 9.43. The van der Waals surface area contributed by atoms with Crippen molar-refractivity contribution < 1.29 is 22.8 Å². The van der Waals surface area contributed by atoms with Gasteiger partial charge in [-0.25, -0.2) is 0 Å². The highest BCUT2D eigenvalue weighted by Gasteiger charge is 2.36. The number of halogens is 3. The van der Waals surface area contributed by atoms with Crippen LogP contribution in [0.1, 0.15) is 40.3 Å². The van der Waals surface area contributed by atoms with Gasteiger partial charge in [-0.3, -0.25) is 19.2 Å². The molecule has 1 aromatic heterocycles. The summed E-state index contributed by atoms with van der Waals surface area (Å²) in [4.78, 5) is 26.2. The van der Waals surface area contributed by atoms with Crippen LogP contribution in [-0.4, -0.2) is 51.8 Å². The lowest BCUT2D eigenvalue weighted by atomic mass is 9.91. The third kappa shape index (κ3) is 6.34. The van der Waals surface area contributed by atoms with E-state index in [1.165, 1.54) is 11.0 Å². The van der Waals surface area contributed by atoms with Crippen molar-refractivity contribution in [3.63, 3.8) is 0 Å². The van der Waals surface area contributed by atoms with Crippen LogP contribution in [0.15, 0.2) is 48.7 Å². The number of hydrogen-bond acceptors (Lipinski definition) is 5. The van der Waals surface area contributed by atoms with Crippen LogP contribution in [0.5, 0.6) is 0 Å². The largest absolute Gasteiger partial charge is 0.416 e. The number of anilines is 1. The Morgan fingerprint density at radius 3 is 2.54 bits per heavy atom. The third-order valence-corrected chi connectivity index (χ3v) is 6.66.